The van der Waals surface area contributed by atoms with Crippen LogP contribution < -0.4 is 15.8 Å². The third-order valence-electron chi connectivity index (χ3n) is 2.45. The number of phenolic OH excluding ortho intramolecular Hbond substituents is 1. The van der Waals surface area contributed by atoms with Crippen LogP contribution in [0, 0.1) is 0 Å². The lowest BCUT2D eigenvalue weighted by atomic mass is 10.2. The van der Waals surface area contributed by atoms with E-state index in [4.69, 9.17) is 20.7 Å². The van der Waals surface area contributed by atoms with Gasteiger partial charge in [0.2, 0.25) is 0 Å². The molecular formula is C13H15N3O3. The van der Waals surface area contributed by atoms with Crippen LogP contribution in [0.15, 0.2) is 36.5 Å². The van der Waals surface area contributed by atoms with Crippen molar-refractivity contribution < 1.29 is 14.9 Å². The second kappa shape index (κ2) is 5.81. The summed E-state index contributed by atoms with van der Waals surface area (Å²) in [6.45, 7) is 1.49. The summed E-state index contributed by atoms with van der Waals surface area (Å²) in [5.74, 6) is 1.29. The van der Waals surface area contributed by atoms with Gasteiger partial charge in [-0.15, -0.1) is 0 Å². The molecule has 0 amide bonds. The number of nitrogens with zero attached hydrogens (tertiary/aromatic N) is 1. The Balaban J connectivity index is 0.000000148. The molecular weight excluding hydrogens is 246 g/mol. The predicted octanol–water partition coefficient (Wildman–Crippen LogP) is 1.57. The molecule has 0 aliphatic carbocycles. The summed E-state index contributed by atoms with van der Waals surface area (Å²) in [5.41, 5.74) is 6.03. The van der Waals surface area contributed by atoms with Crippen molar-refractivity contribution in [2.75, 3.05) is 24.2 Å². The maximum atomic E-state index is 9.09. The number of phenols is 1. The van der Waals surface area contributed by atoms with E-state index >= 15 is 0 Å². The minimum absolute atomic E-state index is 0.0347. The lowest BCUT2D eigenvalue weighted by molar-refractivity contribution is 0.322. The number of aromatic nitrogens is 1. The van der Waals surface area contributed by atoms with Gasteiger partial charge in [0, 0.05) is 18.8 Å². The van der Waals surface area contributed by atoms with Crippen molar-refractivity contribution in [1.29, 1.82) is 0 Å². The number of ether oxygens (including phenoxy) is 1. The van der Waals surface area contributed by atoms with Gasteiger partial charge in [0.25, 0.3) is 0 Å². The minimum atomic E-state index is 0.0347. The number of nitrogen functional groups attached to an aromatic ring is 1. The molecule has 0 spiro atoms. The van der Waals surface area contributed by atoms with E-state index in [0.717, 1.165) is 18.0 Å². The fourth-order valence-electron chi connectivity index (χ4n) is 1.54. The minimum Gasteiger partial charge on any atom is -0.508 e. The van der Waals surface area contributed by atoms with Gasteiger partial charge < -0.3 is 26.0 Å². The van der Waals surface area contributed by atoms with Crippen LogP contribution in [0.3, 0.4) is 0 Å². The Morgan fingerprint density at radius 3 is 2.79 bits per heavy atom. The number of nitrogens with two attached hydrogens (primary N) is 1. The van der Waals surface area contributed by atoms with Gasteiger partial charge in [0.05, 0.1) is 5.69 Å². The maximum absolute atomic E-state index is 9.09. The number of fused-ring (bicyclic) bond motifs is 1. The first-order valence-electron chi connectivity index (χ1n) is 5.76. The first-order valence-corrected chi connectivity index (χ1v) is 5.76. The van der Waals surface area contributed by atoms with E-state index in [0.29, 0.717) is 6.61 Å². The molecule has 0 radical (unpaired) electrons. The van der Waals surface area contributed by atoms with Crippen LogP contribution in [-0.4, -0.2) is 28.3 Å². The standard InChI is InChI=1S/C8H9NO2.C5H6N2O/c10-6-1-2-8-7(5-6)9-3-4-11-8;6-5-4(8)2-1-3-7-5/h1-2,5,9-10H,3-4H2;1-3,8H,(H2,6,7). The maximum Gasteiger partial charge on any atom is 0.165 e. The Morgan fingerprint density at radius 2 is 2.11 bits per heavy atom. The zero-order chi connectivity index (χ0) is 13.7. The monoisotopic (exact) mass is 261 g/mol. The van der Waals surface area contributed by atoms with Crippen LogP contribution in [0.2, 0.25) is 0 Å². The van der Waals surface area contributed by atoms with E-state index < -0.39 is 0 Å². The van der Waals surface area contributed by atoms with Gasteiger partial charge in [-0.25, -0.2) is 4.98 Å². The SMILES string of the molecule is Nc1ncccc1O.Oc1ccc2c(c1)NCCO2. The van der Waals surface area contributed by atoms with E-state index in [1.54, 1.807) is 24.3 Å². The summed E-state index contributed by atoms with van der Waals surface area (Å²) in [4.78, 5) is 3.61. The van der Waals surface area contributed by atoms with Gasteiger partial charge in [0.1, 0.15) is 18.1 Å². The fourth-order valence-corrected chi connectivity index (χ4v) is 1.54. The summed E-state index contributed by atoms with van der Waals surface area (Å²) in [5, 5.41) is 20.9. The number of aromatic hydroxyl groups is 2. The number of anilines is 2. The van der Waals surface area contributed by atoms with Crippen LogP contribution in [0.5, 0.6) is 17.2 Å². The van der Waals surface area contributed by atoms with Gasteiger partial charge in [-0.05, 0) is 24.3 Å². The van der Waals surface area contributed by atoms with Crippen LogP contribution in [0.4, 0.5) is 11.5 Å². The smallest absolute Gasteiger partial charge is 0.165 e. The van der Waals surface area contributed by atoms with E-state index in [-0.39, 0.29) is 17.3 Å². The first kappa shape index (κ1) is 12.8. The quantitative estimate of drug-likeness (QED) is 0.574. The third kappa shape index (κ3) is 3.41. The molecule has 2 heterocycles. The third-order valence-corrected chi connectivity index (χ3v) is 2.45. The highest BCUT2D eigenvalue weighted by Crippen LogP contribution is 2.30. The Kier molecular flexibility index (Phi) is 3.92. The fraction of sp³-hybridized carbons (Fsp3) is 0.154. The largest absolute Gasteiger partial charge is 0.508 e. The molecule has 1 aliphatic rings. The van der Waals surface area contributed by atoms with Gasteiger partial charge in [-0.2, -0.15) is 0 Å². The van der Waals surface area contributed by atoms with Crippen LogP contribution in [0.1, 0.15) is 0 Å². The van der Waals surface area contributed by atoms with Crippen LogP contribution in [0.25, 0.3) is 0 Å². The number of nitrogens with one attached hydrogen (secondary N) is 1. The molecule has 0 saturated carbocycles. The van der Waals surface area contributed by atoms with Crippen LogP contribution in [-0.2, 0) is 0 Å². The molecule has 19 heavy (non-hydrogen) atoms. The van der Waals surface area contributed by atoms with Gasteiger partial charge in [-0.3, -0.25) is 0 Å². The number of benzene rings is 1. The van der Waals surface area contributed by atoms with Crippen molar-refractivity contribution in [1.82, 2.24) is 4.98 Å². The summed E-state index contributed by atoms with van der Waals surface area (Å²) >= 11 is 0. The lowest BCUT2D eigenvalue weighted by Gasteiger charge is -2.18. The molecule has 3 rings (SSSR count). The van der Waals surface area contributed by atoms with E-state index in [1.807, 2.05) is 0 Å². The molecule has 1 aromatic carbocycles. The number of hydrogen-bond acceptors (Lipinski definition) is 6. The molecule has 0 atom stereocenters. The lowest BCUT2D eigenvalue weighted by Crippen LogP contribution is -2.17. The predicted molar refractivity (Wildman–Crippen MR) is 72.4 cm³/mol. The van der Waals surface area contributed by atoms with Crippen molar-refractivity contribution in [2.24, 2.45) is 0 Å². The van der Waals surface area contributed by atoms with Gasteiger partial charge in [0.15, 0.2) is 11.6 Å². The second-order valence-corrected chi connectivity index (χ2v) is 3.86. The highest BCUT2D eigenvalue weighted by atomic mass is 16.5. The molecule has 1 aliphatic heterocycles. The summed E-state index contributed by atoms with van der Waals surface area (Å²) < 4.78 is 5.30. The topological polar surface area (TPSA) is 101 Å². The molecule has 5 N–H and O–H groups in total. The van der Waals surface area contributed by atoms with E-state index in [2.05, 4.69) is 10.3 Å². The summed E-state index contributed by atoms with van der Waals surface area (Å²) in [7, 11) is 0. The summed E-state index contributed by atoms with van der Waals surface area (Å²) in [6.07, 6.45) is 1.52. The van der Waals surface area contributed by atoms with Gasteiger partial charge >= 0.3 is 0 Å². The number of pyridine rings is 1. The molecule has 0 unspecified atom stereocenters. The molecule has 0 bridgehead atoms. The number of rotatable bonds is 0. The Morgan fingerprint density at radius 1 is 1.26 bits per heavy atom. The zero-order valence-corrected chi connectivity index (χ0v) is 10.2. The molecule has 1 aromatic heterocycles. The molecule has 6 heteroatoms. The van der Waals surface area contributed by atoms with Gasteiger partial charge in [-0.1, -0.05) is 0 Å². The average molecular weight is 261 g/mol. The molecule has 0 saturated heterocycles. The molecule has 0 fully saturated rings. The Labute approximate surface area is 110 Å². The highest BCUT2D eigenvalue weighted by molar-refractivity contribution is 5.60. The van der Waals surface area contributed by atoms with Crippen LogP contribution >= 0.6 is 0 Å². The van der Waals surface area contributed by atoms with Crippen molar-refractivity contribution in [3.63, 3.8) is 0 Å². The van der Waals surface area contributed by atoms with E-state index in [9.17, 15) is 0 Å². The number of hydrogen-bond donors (Lipinski definition) is 4. The molecule has 6 nitrogen and oxygen atoms in total. The van der Waals surface area contributed by atoms with Crippen molar-refractivity contribution in [3.05, 3.63) is 36.5 Å². The zero-order valence-electron chi connectivity index (χ0n) is 10.2. The molecule has 100 valence electrons. The highest BCUT2D eigenvalue weighted by Gasteiger charge is 2.08. The second-order valence-electron chi connectivity index (χ2n) is 3.86. The first-order chi connectivity index (χ1) is 9.16. The van der Waals surface area contributed by atoms with Crippen molar-refractivity contribution in [3.8, 4) is 17.2 Å². The van der Waals surface area contributed by atoms with E-state index in [1.165, 1.54) is 12.3 Å². The Bertz CT molecular complexity index is 540. The Hall–Kier alpha value is -2.63. The normalized spacial score (nSPS) is 12.2. The average Bonchev–Trinajstić information content (AvgIpc) is 2.43. The summed E-state index contributed by atoms with van der Waals surface area (Å²) in [6, 6.07) is 8.14. The molecule has 2 aromatic rings. The van der Waals surface area contributed by atoms with Crippen molar-refractivity contribution >= 4 is 11.5 Å². The van der Waals surface area contributed by atoms with Crippen molar-refractivity contribution in [2.45, 2.75) is 0 Å².